The van der Waals surface area contributed by atoms with Gasteiger partial charge in [0.25, 0.3) is 0 Å². The number of rotatable bonds is 12. The summed E-state index contributed by atoms with van der Waals surface area (Å²) in [5, 5.41) is 47.6. The van der Waals surface area contributed by atoms with Crippen LogP contribution < -0.4 is 35.3 Å². The molecule has 42 heavy (non-hydrogen) atoms. The summed E-state index contributed by atoms with van der Waals surface area (Å²) in [4.78, 5) is 19.5. The van der Waals surface area contributed by atoms with Gasteiger partial charge in [-0.2, -0.15) is 0 Å². The quantitative estimate of drug-likeness (QED) is 0.161. The molecule has 0 aliphatic rings. The Kier molecular flexibility index (Phi) is 91.8. The first-order valence-corrected chi connectivity index (χ1v) is 16.2. The van der Waals surface area contributed by atoms with E-state index in [-0.39, 0.29) is 50.0 Å². The van der Waals surface area contributed by atoms with Crippen LogP contribution in [0.1, 0.15) is 129 Å². The second-order valence-corrected chi connectivity index (χ2v) is 11.1. The average Bonchev–Trinajstić information content (AvgIpc) is 2.71. The third-order valence-corrected chi connectivity index (χ3v) is 3.11. The Labute approximate surface area is 291 Å². The molecule has 0 rings (SSSR count). The first-order chi connectivity index (χ1) is 18.1. The normalized spacial score (nSPS) is 9.55. The Morgan fingerprint density at radius 1 is 0.524 bits per heavy atom. The molecule has 0 atom stereocenters. The van der Waals surface area contributed by atoms with Crippen LogP contribution in [0.15, 0.2) is 0 Å². The molecule has 0 saturated carbocycles. The molecule has 0 saturated heterocycles. The van der Waals surface area contributed by atoms with E-state index < -0.39 is 38.3 Å². The van der Waals surface area contributed by atoms with Gasteiger partial charge in [0.15, 0.2) is 0 Å². The monoisotopic (exact) mass is 720 g/mol. The van der Waals surface area contributed by atoms with E-state index in [4.69, 9.17) is 9.05 Å². The van der Waals surface area contributed by atoms with Crippen molar-refractivity contribution in [1.29, 1.82) is 0 Å². The van der Waals surface area contributed by atoms with Crippen LogP contribution in [-0.2, 0) is 61.6 Å². The second-order valence-electron chi connectivity index (χ2n) is 9.33. The molecule has 0 amide bonds. The van der Waals surface area contributed by atoms with Crippen molar-refractivity contribution >= 4 is 16.9 Å². The summed E-state index contributed by atoms with van der Waals surface area (Å²) in [7, 11) is -4.00. The number of phosphoric acid groups is 1. The van der Waals surface area contributed by atoms with Crippen LogP contribution in [-0.4, -0.2) is 50.3 Å². The van der Waals surface area contributed by atoms with Gasteiger partial charge in [0.05, 0.1) is 14.4 Å². The third-order valence-electron chi connectivity index (χ3n) is 2.03. The van der Waals surface area contributed by atoms with Crippen LogP contribution in [0.4, 0.5) is 0 Å². The van der Waals surface area contributed by atoms with Crippen molar-refractivity contribution < 1.29 is 96.9 Å². The van der Waals surface area contributed by atoms with E-state index in [0.717, 1.165) is 32.5 Å². The Hall–Kier alpha value is 1.69. The van der Waals surface area contributed by atoms with Gasteiger partial charge in [-0.3, -0.25) is 0 Å². The van der Waals surface area contributed by atoms with E-state index >= 15 is 0 Å². The van der Waals surface area contributed by atoms with Gasteiger partial charge in [0.2, 0.25) is 0 Å². The standard InChI is InChI=1S/C8H18O2P.C4H11O4P.5C3H7O.2Ti/c1-3-5-7-9-11-10-8-6-4-2;1-2-3-4-8-9(5,6)7;5*1-3(2)4;;/h3-8H2,1-2H3;2-4H2,1H3,(H2,5,6,7);5*3H,1-2H3;;/q-1;;5*-1;2*+4/p-2. The van der Waals surface area contributed by atoms with Crippen molar-refractivity contribution in [3.05, 3.63) is 0 Å². The summed E-state index contributed by atoms with van der Waals surface area (Å²) in [5.74, 6) is 0. The zero-order valence-corrected chi connectivity index (χ0v) is 33.5. The van der Waals surface area contributed by atoms with Crippen LogP contribution in [0.25, 0.3) is 0 Å². The second kappa shape index (κ2) is 58.2. The molecule has 0 heterocycles. The molecule has 0 unspecified atom stereocenters. The molecule has 11 nitrogen and oxygen atoms in total. The SMILES string of the molecule is CC(C)[O-].CC(C)[O-].CC(C)[O-].CC(C)[O-].CC(C)[O-].CCCCOP(=O)([O-])[O-].CCCCO[P-]OCCCC.[Ti+4].[Ti+4]. The predicted molar refractivity (Wildman–Crippen MR) is 153 cm³/mol. The Morgan fingerprint density at radius 2 is 0.714 bits per heavy atom. The van der Waals surface area contributed by atoms with Crippen molar-refractivity contribution in [3.63, 3.8) is 0 Å². The molecular formula is C27H62O11P2Ti2. The van der Waals surface area contributed by atoms with E-state index in [0.29, 0.717) is 15.5 Å². The number of hydrogen-bond donors (Lipinski definition) is 0. The molecule has 0 aliphatic heterocycles. The van der Waals surface area contributed by atoms with E-state index in [2.05, 4.69) is 18.4 Å². The molecule has 0 aliphatic carbocycles. The van der Waals surface area contributed by atoms with Crippen LogP contribution in [0.3, 0.4) is 0 Å². The van der Waals surface area contributed by atoms with Gasteiger partial charge in [0.1, 0.15) is 0 Å². The summed E-state index contributed by atoms with van der Waals surface area (Å²) < 4.78 is 24.0. The fraction of sp³-hybridized carbons (Fsp3) is 1.00. The molecule has 0 bridgehead atoms. The minimum atomic E-state index is -4.70. The molecule has 0 N–H and O–H groups in total. The van der Waals surface area contributed by atoms with Crippen molar-refractivity contribution in [2.45, 2.75) is 159 Å². The molecule has 15 heteroatoms. The largest absolute Gasteiger partial charge is 4.00 e. The summed E-state index contributed by atoms with van der Waals surface area (Å²) in [6.45, 7) is 24.0. The Bertz CT molecular complexity index is 376. The summed E-state index contributed by atoms with van der Waals surface area (Å²) >= 11 is 0. The first kappa shape index (κ1) is 66.2. The summed E-state index contributed by atoms with van der Waals surface area (Å²) in [5.41, 5.74) is 0. The van der Waals surface area contributed by atoms with Crippen molar-refractivity contribution in [2.24, 2.45) is 0 Å². The third kappa shape index (κ3) is 280. The minimum Gasteiger partial charge on any atom is -0.852 e. The molecule has 0 spiro atoms. The van der Waals surface area contributed by atoms with Gasteiger partial charge in [-0.25, -0.2) is 9.03 Å². The maximum absolute atomic E-state index is 9.76. The Balaban J connectivity index is -0.0000000452. The minimum absolute atomic E-state index is 0. The molecular weight excluding hydrogens is 658 g/mol. The van der Waals surface area contributed by atoms with E-state index in [1.165, 1.54) is 12.8 Å². The van der Waals surface area contributed by atoms with Crippen LogP contribution in [0, 0.1) is 0 Å². The molecule has 0 aromatic carbocycles. The van der Waals surface area contributed by atoms with E-state index in [9.17, 15) is 39.9 Å². The molecule has 0 fully saturated rings. The molecule has 254 valence electrons. The Morgan fingerprint density at radius 3 is 0.881 bits per heavy atom. The maximum Gasteiger partial charge on any atom is 4.00 e. The van der Waals surface area contributed by atoms with Crippen molar-refractivity contribution in [2.75, 3.05) is 19.8 Å². The van der Waals surface area contributed by atoms with Crippen LogP contribution in [0.5, 0.6) is 0 Å². The molecule has 0 aromatic rings. The van der Waals surface area contributed by atoms with Gasteiger partial charge in [-0.1, -0.05) is 109 Å². The summed E-state index contributed by atoms with van der Waals surface area (Å²) in [6, 6.07) is 0. The topological polar surface area (TPSA) is 206 Å². The van der Waals surface area contributed by atoms with E-state index in [1.807, 2.05) is 6.92 Å². The predicted octanol–water partition coefficient (Wildman–Crippen LogP) is 1.80. The average molecular weight is 720 g/mol. The van der Waals surface area contributed by atoms with Crippen molar-refractivity contribution in [3.8, 4) is 0 Å². The van der Waals surface area contributed by atoms with Gasteiger partial charge in [-0.05, 0) is 19.3 Å². The molecule has 0 radical (unpaired) electrons. The van der Waals surface area contributed by atoms with Gasteiger partial charge in [-0.15, -0.1) is 30.5 Å². The van der Waals surface area contributed by atoms with Gasteiger partial charge < -0.3 is 53.5 Å². The fourth-order valence-corrected chi connectivity index (χ4v) is 1.68. The van der Waals surface area contributed by atoms with Crippen LogP contribution in [0.2, 0.25) is 0 Å². The number of unbranched alkanes of at least 4 members (excludes halogenated alkanes) is 3. The zero-order chi connectivity index (χ0) is 33.6. The van der Waals surface area contributed by atoms with Gasteiger partial charge in [0, 0.05) is 13.2 Å². The summed E-state index contributed by atoms with van der Waals surface area (Å²) in [6.07, 6.45) is 3.97. The maximum atomic E-state index is 9.76. The smallest absolute Gasteiger partial charge is 0.852 e. The fourth-order valence-electron chi connectivity index (χ4n) is 0.850. The molecule has 0 aromatic heterocycles. The van der Waals surface area contributed by atoms with E-state index in [1.54, 1.807) is 69.2 Å². The zero-order valence-electron chi connectivity index (χ0n) is 28.6. The van der Waals surface area contributed by atoms with Crippen molar-refractivity contribution in [1.82, 2.24) is 0 Å². The van der Waals surface area contributed by atoms with Gasteiger partial charge >= 0.3 is 43.4 Å². The number of phosphoric ester groups is 1. The number of hydrogen-bond acceptors (Lipinski definition) is 11. The first-order valence-electron chi connectivity index (χ1n) is 14.0. The van der Waals surface area contributed by atoms with Crippen LogP contribution >= 0.6 is 16.9 Å².